The number of nitrogens with two attached hydrogens (primary N) is 1. The van der Waals surface area contributed by atoms with E-state index in [1.54, 1.807) is 6.92 Å². The van der Waals surface area contributed by atoms with Gasteiger partial charge in [0.2, 0.25) is 0 Å². The average Bonchev–Trinajstić information content (AvgIpc) is 2.25. The second kappa shape index (κ2) is 5.33. The fourth-order valence-electron chi connectivity index (χ4n) is 2.23. The molecule has 0 atom stereocenters. The predicted molar refractivity (Wildman–Crippen MR) is 55.1 cm³/mol. The van der Waals surface area contributed by atoms with Crippen LogP contribution in [0.25, 0.3) is 0 Å². The number of hydrogen-bond donors (Lipinski definition) is 1. The standard InChI is InChI=1S/C10H19F3N2O/c1-2-15(8-10(11,12)13)9(7-14)3-5-16-6-4-9/h2-8,14H2,1H3. The van der Waals surface area contributed by atoms with Gasteiger partial charge in [-0.05, 0) is 19.4 Å². The van der Waals surface area contributed by atoms with E-state index in [1.165, 1.54) is 4.90 Å². The first-order chi connectivity index (χ1) is 7.43. The minimum atomic E-state index is -4.17. The van der Waals surface area contributed by atoms with Gasteiger partial charge in [0.25, 0.3) is 0 Å². The van der Waals surface area contributed by atoms with Crippen molar-refractivity contribution in [3.8, 4) is 0 Å². The molecule has 0 unspecified atom stereocenters. The van der Waals surface area contributed by atoms with E-state index >= 15 is 0 Å². The van der Waals surface area contributed by atoms with Crippen LogP contribution in [0.5, 0.6) is 0 Å². The molecule has 1 rings (SSSR count). The van der Waals surface area contributed by atoms with Crippen molar-refractivity contribution in [3.63, 3.8) is 0 Å². The maximum Gasteiger partial charge on any atom is 0.401 e. The highest BCUT2D eigenvalue weighted by atomic mass is 19.4. The zero-order valence-corrected chi connectivity index (χ0v) is 9.52. The summed E-state index contributed by atoms with van der Waals surface area (Å²) in [4.78, 5) is 1.44. The van der Waals surface area contributed by atoms with Gasteiger partial charge in [0, 0.05) is 25.3 Å². The summed E-state index contributed by atoms with van der Waals surface area (Å²) in [6.45, 7) is 2.44. The first-order valence-electron chi connectivity index (χ1n) is 5.53. The van der Waals surface area contributed by atoms with Crippen molar-refractivity contribution in [2.24, 2.45) is 5.73 Å². The summed E-state index contributed by atoms with van der Waals surface area (Å²) in [5.41, 5.74) is 5.13. The van der Waals surface area contributed by atoms with E-state index in [2.05, 4.69) is 0 Å². The number of hydrogen-bond acceptors (Lipinski definition) is 3. The lowest BCUT2D eigenvalue weighted by Crippen LogP contribution is -2.58. The van der Waals surface area contributed by atoms with E-state index in [0.717, 1.165) is 0 Å². The Kier molecular flexibility index (Phi) is 4.58. The molecule has 16 heavy (non-hydrogen) atoms. The molecule has 3 nitrogen and oxygen atoms in total. The zero-order valence-electron chi connectivity index (χ0n) is 9.52. The van der Waals surface area contributed by atoms with E-state index in [1.807, 2.05) is 0 Å². The molecular formula is C10H19F3N2O. The molecule has 1 aliphatic rings. The Bertz CT molecular complexity index is 215. The van der Waals surface area contributed by atoms with Gasteiger partial charge in [-0.25, -0.2) is 0 Å². The largest absolute Gasteiger partial charge is 0.401 e. The average molecular weight is 240 g/mol. The van der Waals surface area contributed by atoms with Crippen LogP contribution in [0, 0.1) is 0 Å². The first-order valence-corrected chi connectivity index (χ1v) is 5.53. The zero-order chi connectivity index (χ0) is 12.2. The summed E-state index contributed by atoms with van der Waals surface area (Å²) >= 11 is 0. The molecule has 1 heterocycles. The van der Waals surface area contributed by atoms with Crippen LogP contribution in [0.2, 0.25) is 0 Å². The van der Waals surface area contributed by atoms with Crippen molar-refractivity contribution < 1.29 is 17.9 Å². The van der Waals surface area contributed by atoms with Crippen LogP contribution in [0.1, 0.15) is 19.8 Å². The molecule has 1 fully saturated rings. The first kappa shape index (κ1) is 13.7. The Morgan fingerprint density at radius 2 is 1.88 bits per heavy atom. The van der Waals surface area contributed by atoms with E-state index in [9.17, 15) is 13.2 Å². The van der Waals surface area contributed by atoms with E-state index in [0.29, 0.717) is 32.6 Å². The number of halogens is 3. The predicted octanol–water partition coefficient (Wildman–Crippen LogP) is 1.38. The summed E-state index contributed by atoms with van der Waals surface area (Å²) in [6.07, 6.45) is -3.02. The van der Waals surface area contributed by atoms with Crippen molar-refractivity contribution >= 4 is 0 Å². The fourth-order valence-corrected chi connectivity index (χ4v) is 2.23. The Labute approximate surface area is 93.7 Å². The Hall–Kier alpha value is -0.330. The molecular weight excluding hydrogens is 221 g/mol. The topological polar surface area (TPSA) is 38.5 Å². The van der Waals surface area contributed by atoms with Crippen molar-refractivity contribution in [3.05, 3.63) is 0 Å². The molecule has 0 aliphatic carbocycles. The van der Waals surface area contributed by atoms with Crippen LogP contribution in [0.4, 0.5) is 13.2 Å². The van der Waals surface area contributed by atoms with Gasteiger partial charge in [0.05, 0.1) is 6.54 Å². The second-order valence-electron chi connectivity index (χ2n) is 4.17. The van der Waals surface area contributed by atoms with E-state index < -0.39 is 18.3 Å². The van der Waals surface area contributed by atoms with Crippen molar-refractivity contribution in [2.45, 2.75) is 31.5 Å². The van der Waals surface area contributed by atoms with Crippen LogP contribution in [-0.2, 0) is 4.74 Å². The Morgan fingerprint density at radius 1 is 1.31 bits per heavy atom. The highest BCUT2D eigenvalue weighted by molar-refractivity contribution is 4.94. The van der Waals surface area contributed by atoms with E-state index in [4.69, 9.17) is 10.5 Å². The number of ether oxygens (including phenoxy) is 1. The SMILES string of the molecule is CCN(CC(F)(F)F)C1(CN)CCOCC1. The van der Waals surface area contributed by atoms with E-state index in [-0.39, 0.29) is 6.54 Å². The quantitative estimate of drug-likeness (QED) is 0.806. The van der Waals surface area contributed by atoms with Crippen molar-refractivity contribution in [1.29, 1.82) is 0 Å². The molecule has 0 aromatic heterocycles. The van der Waals surface area contributed by atoms with Crippen molar-refractivity contribution in [1.82, 2.24) is 4.90 Å². The molecule has 96 valence electrons. The van der Waals surface area contributed by atoms with Gasteiger partial charge in [-0.1, -0.05) is 6.92 Å². The van der Waals surface area contributed by atoms with Crippen LogP contribution in [0.15, 0.2) is 0 Å². The van der Waals surface area contributed by atoms with Crippen LogP contribution < -0.4 is 5.73 Å². The molecule has 1 saturated heterocycles. The van der Waals surface area contributed by atoms with Gasteiger partial charge in [0.15, 0.2) is 0 Å². The molecule has 1 aliphatic heterocycles. The van der Waals surface area contributed by atoms with Gasteiger partial charge in [0.1, 0.15) is 0 Å². The van der Waals surface area contributed by atoms with Gasteiger partial charge in [-0.3, -0.25) is 4.90 Å². The number of rotatable bonds is 4. The molecule has 6 heteroatoms. The monoisotopic (exact) mass is 240 g/mol. The van der Waals surface area contributed by atoms with Crippen LogP contribution in [-0.4, -0.2) is 49.5 Å². The highest BCUT2D eigenvalue weighted by Crippen LogP contribution is 2.30. The summed E-state index contributed by atoms with van der Waals surface area (Å²) in [6, 6.07) is 0. The fraction of sp³-hybridized carbons (Fsp3) is 1.00. The molecule has 0 spiro atoms. The summed E-state index contributed by atoms with van der Waals surface area (Å²) in [7, 11) is 0. The third-order valence-electron chi connectivity index (χ3n) is 3.23. The third kappa shape index (κ3) is 3.33. The number of likely N-dealkylation sites (N-methyl/N-ethyl adjacent to an activating group) is 1. The lowest BCUT2D eigenvalue weighted by Gasteiger charge is -2.45. The third-order valence-corrected chi connectivity index (χ3v) is 3.23. The lowest BCUT2D eigenvalue weighted by atomic mass is 9.88. The van der Waals surface area contributed by atoms with Gasteiger partial charge in [-0.15, -0.1) is 0 Å². The molecule has 0 aromatic carbocycles. The summed E-state index contributed by atoms with van der Waals surface area (Å²) in [5.74, 6) is 0. The molecule has 0 amide bonds. The smallest absolute Gasteiger partial charge is 0.381 e. The maximum atomic E-state index is 12.4. The number of nitrogens with zero attached hydrogens (tertiary/aromatic N) is 1. The lowest BCUT2D eigenvalue weighted by molar-refractivity contribution is -0.165. The van der Waals surface area contributed by atoms with Crippen LogP contribution in [0.3, 0.4) is 0 Å². The normalized spacial score (nSPS) is 21.4. The van der Waals surface area contributed by atoms with Gasteiger partial charge < -0.3 is 10.5 Å². The summed E-state index contributed by atoms with van der Waals surface area (Å²) in [5, 5.41) is 0. The van der Waals surface area contributed by atoms with Gasteiger partial charge >= 0.3 is 6.18 Å². The minimum absolute atomic E-state index is 0.250. The number of alkyl halides is 3. The molecule has 0 radical (unpaired) electrons. The molecule has 2 N–H and O–H groups in total. The van der Waals surface area contributed by atoms with Crippen molar-refractivity contribution in [2.75, 3.05) is 32.8 Å². The second-order valence-corrected chi connectivity index (χ2v) is 4.17. The van der Waals surface area contributed by atoms with Gasteiger partial charge in [-0.2, -0.15) is 13.2 Å². The Morgan fingerprint density at radius 3 is 2.25 bits per heavy atom. The minimum Gasteiger partial charge on any atom is -0.381 e. The highest BCUT2D eigenvalue weighted by Gasteiger charge is 2.42. The molecule has 0 bridgehead atoms. The maximum absolute atomic E-state index is 12.4. The Balaban J connectivity index is 2.74. The summed E-state index contributed by atoms with van der Waals surface area (Å²) < 4.78 is 42.5. The van der Waals surface area contributed by atoms with Crippen LogP contribution >= 0.6 is 0 Å². The molecule has 0 aromatic rings. The molecule has 0 saturated carbocycles.